The highest BCUT2D eigenvalue weighted by Crippen LogP contribution is 2.58. The standard InChI is InChI=1S/C46H64N8O8S2.C29H44N2O8S.C18H22ClN5S/c1-29(2)54-35-17-13-16-33(34-28-63-43(47-34)52-22-20-51(7)21-23-52)38(35)48-42(54)61-32-25-36-39(56)49-46(41(58)50-64(59,60)45(6)18-19-45)26-31(46)15-12-10-8-9-11-14-30(40(57)53(36)27-32)24-37(55)62-44(3,4)5;1-27(2,3)39-24(34)14-19-10-8-6-5-7-9-11-20-16-29(20,26(36)30-40(37,38)28(4)12-13-28)17-23(33)22-15-21(32)18-31(22)25(19)35;1-12(2)24-15-6-4-5-13(16(15)21-17(24)19)14-11-25-18(20-14)23-9-7-22(3)8-10-23/h12-13,15-17,28-32,36H,8-11,14,18-27H2,1-7H3,(H,49,56)(H,50,58);9,11,19-22,32H,5-8,10,12-18H2,1-4H3,(H,30,36);4-6,11-12H,7-10H2,1-3H3/b15-12-;11-9-;/t30-,31-,32-,36+,46-;19-,20-,21-,22+,29-;/m11./s1. The van der Waals surface area contributed by atoms with E-state index in [1.165, 1.54) is 9.80 Å². The molecule has 6 aliphatic heterocycles. The molecular formula is C93H130ClN15O16S4. The number of aliphatic hydroxyl groups is 1. The highest BCUT2D eigenvalue weighted by Gasteiger charge is 2.65. The van der Waals surface area contributed by atoms with E-state index >= 15 is 0 Å². The Morgan fingerprint density at radius 2 is 1.07 bits per heavy atom. The average Bonchev–Trinajstić information content (AvgIpc) is 1.56. The van der Waals surface area contributed by atoms with Gasteiger partial charge in [0.1, 0.15) is 34.4 Å². The number of imidazole rings is 2. The van der Waals surface area contributed by atoms with Crippen LogP contribution in [0.1, 0.15) is 230 Å². The molecule has 4 saturated carbocycles. The Labute approximate surface area is 771 Å². The van der Waals surface area contributed by atoms with Gasteiger partial charge in [-0.3, -0.25) is 52.4 Å². The maximum atomic E-state index is 14.8. The van der Waals surface area contributed by atoms with Crippen LogP contribution >= 0.6 is 34.3 Å². The molecule has 36 heteroatoms. The van der Waals surface area contributed by atoms with Crippen molar-refractivity contribution in [3.63, 3.8) is 0 Å². The predicted octanol–water partition coefficient (Wildman–Crippen LogP) is 12.5. The van der Waals surface area contributed by atoms with Crippen molar-refractivity contribution in [2.75, 3.05) is 89.3 Å². The zero-order valence-electron chi connectivity index (χ0n) is 77.1. The molecule has 0 bridgehead atoms. The fraction of sp³-hybridized carbons (Fsp3) is 0.656. The van der Waals surface area contributed by atoms with Crippen molar-refractivity contribution in [1.82, 2.24) is 63.4 Å². The van der Waals surface area contributed by atoms with Crippen LogP contribution in [0.2, 0.25) is 5.28 Å². The van der Waals surface area contributed by atoms with Crippen LogP contribution in [0.15, 0.2) is 71.5 Å². The van der Waals surface area contributed by atoms with Crippen LogP contribution in [0.5, 0.6) is 6.01 Å². The molecule has 5 amide bonds. The minimum absolute atomic E-state index is 0.0195. The number of fused-ring (bicyclic) bond motifs is 6. The highest BCUT2D eigenvalue weighted by molar-refractivity contribution is 7.92. The number of benzene rings is 2. The first kappa shape index (κ1) is 96.6. The average molecular weight is 1880 g/mol. The molecule has 31 nitrogen and oxygen atoms in total. The first-order valence-corrected chi connectivity index (χ1v) is 51.2. The van der Waals surface area contributed by atoms with Gasteiger partial charge in [0.2, 0.25) is 49.0 Å². The molecule has 10 aliphatic rings. The van der Waals surface area contributed by atoms with E-state index in [2.05, 4.69) is 101 Å². The molecule has 8 fully saturated rings. The number of rotatable bonds is 18. The van der Waals surface area contributed by atoms with Crippen molar-refractivity contribution >= 4 is 134 Å². The molecule has 16 rings (SSSR count). The summed E-state index contributed by atoms with van der Waals surface area (Å²) in [6.45, 7) is 30.1. The Morgan fingerprint density at radius 1 is 0.597 bits per heavy atom. The van der Waals surface area contributed by atoms with E-state index in [1.54, 1.807) is 78.1 Å². The molecule has 4 aromatic heterocycles. The third-order valence-electron chi connectivity index (χ3n) is 27.0. The second kappa shape index (κ2) is 38.6. The number of hydrogen-bond acceptors (Lipinski definition) is 26. The smallest absolute Gasteiger partial charge is 0.307 e. The molecule has 4 N–H and O–H groups in total. The Bertz CT molecular complexity index is 5470. The topological polar surface area (TPSA) is 370 Å². The molecule has 704 valence electrons. The van der Waals surface area contributed by atoms with E-state index in [4.69, 9.17) is 40.8 Å². The molecule has 6 aromatic rings. The number of carbonyl (C=O) groups is 8. The van der Waals surface area contributed by atoms with Crippen LogP contribution in [0.25, 0.3) is 44.6 Å². The monoisotopic (exact) mass is 1880 g/mol. The number of sulfonamides is 2. The molecule has 0 unspecified atom stereocenters. The number of halogens is 1. The van der Waals surface area contributed by atoms with Gasteiger partial charge in [0.05, 0.1) is 74.4 Å². The van der Waals surface area contributed by atoms with E-state index in [0.717, 1.165) is 139 Å². The van der Waals surface area contributed by atoms with E-state index in [1.807, 2.05) is 60.9 Å². The summed E-state index contributed by atoms with van der Waals surface area (Å²) < 4.78 is 76.8. The lowest BCUT2D eigenvalue weighted by Gasteiger charge is -2.32. The third-order valence-corrected chi connectivity index (χ3v) is 33.4. The number of anilines is 2. The number of nitrogens with zero attached hydrogens (tertiary/aromatic N) is 12. The molecule has 2 aromatic carbocycles. The van der Waals surface area contributed by atoms with Gasteiger partial charge in [-0.05, 0) is 204 Å². The number of aliphatic hydroxyl groups excluding tert-OH is 1. The van der Waals surface area contributed by atoms with Gasteiger partial charge in [-0.1, -0.05) is 74.3 Å². The summed E-state index contributed by atoms with van der Waals surface area (Å²) in [6, 6.07) is 10.7. The number of aromatic nitrogens is 6. The summed E-state index contributed by atoms with van der Waals surface area (Å²) in [5, 5.41) is 20.2. The molecule has 10 atom stereocenters. The van der Waals surface area contributed by atoms with Gasteiger partial charge in [-0.2, -0.15) is 4.98 Å². The van der Waals surface area contributed by atoms with E-state index in [9.17, 15) is 60.3 Å². The SMILES string of the molecule is CC(C)(C)OC(=O)C[C@H]1CCCCC/C=C\[C@@H]2C[C@@]2(C(=O)NS(=O)(=O)C2(C)CC2)CC(=O)[C@@H]2C[C@@H](O)CN2C1=O.CC(C)n1c(Cl)nc2c(-c3csc(N4CCN(C)CC4)n3)cccc21.CC(C)n1c(O[C@@H]2C[C@H]3C(=O)N[C@]4(C(=O)NS(=O)(=O)C5(C)CC5)C[C@H]4/C=C\CCCCC[C@H](CC(=O)OC(C)(C)C)C(=O)N3C2)nc2c(-c3csc(N4CCN(C)CC4)n3)cccc21. The second-order valence-corrected chi connectivity index (χ2v) is 46.7. The van der Waals surface area contributed by atoms with Crippen molar-refractivity contribution in [1.29, 1.82) is 0 Å². The minimum Gasteiger partial charge on any atom is -0.460 e. The van der Waals surface area contributed by atoms with Gasteiger partial charge in [0.25, 0.3) is 11.9 Å². The zero-order chi connectivity index (χ0) is 92.8. The van der Waals surface area contributed by atoms with Crippen LogP contribution in [-0.4, -0.2) is 248 Å². The van der Waals surface area contributed by atoms with Crippen molar-refractivity contribution in [3.8, 4) is 28.5 Å². The quantitative estimate of drug-likeness (QED) is 0.0458. The summed E-state index contributed by atoms with van der Waals surface area (Å²) in [5.74, 6) is -6.33. The number of carbonyl (C=O) groups excluding carboxylic acids is 8. The van der Waals surface area contributed by atoms with Gasteiger partial charge in [-0.25, -0.2) is 31.8 Å². The lowest BCUT2D eigenvalue weighted by atomic mass is 9.90. The van der Waals surface area contributed by atoms with E-state index in [0.29, 0.717) is 75.5 Å². The number of ketones is 1. The van der Waals surface area contributed by atoms with E-state index in [-0.39, 0.29) is 87.2 Å². The largest absolute Gasteiger partial charge is 0.460 e. The molecule has 129 heavy (non-hydrogen) atoms. The van der Waals surface area contributed by atoms with Crippen LogP contribution in [0.4, 0.5) is 10.3 Å². The first-order chi connectivity index (χ1) is 60.9. The molecular weight excluding hydrogens is 1750 g/mol. The van der Waals surface area contributed by atoms with Crippen LogP contribution in [-0.2, 0) is 67.9 Å². The van der Waals surface area contributed by atoms with Crippen molar-refractivity contribution < 1.29 is 74.5 Å². The lowest BCUT2D eigenvalue weighted by Crippen LogP contribution is -2.57. The molecule has 10 heterocycles. The van der Waals surface area contributed by atoms with E-state index < -0.39 is 123 Å². The van der Waals surface area contributed by atoms with Crippen molar-refractivity contribution in [2.45, 2.75) is 281 Å². The second-order valence-electron chi connectivity index (χ2n) is 40.3. The van der Waals surface area contributed by atoms with Gasteiger partial charge in [0.15, 0.2) is 16.0 Å². The van der Waals surface area contributed by atoms with Crippen LogP contribution in [0, 0.1) is 29.1 Å². The van der Waals surface area contributed by atoms with Gasteiger partial charge >= 0.3 is 11.9 Å². The maximum absolute atomic E-state index is 14.8. The summed E-state index contributed by atoms with van der Waals surface area (Å²) in [5.41, 5.74) is 3.11. The van der Waals surface area contributed by atoms with Crippen LogP contribution < -0.4 is 29.3 Å². The number of thiazole rings is 2. The van der Waals surface area contributed by atoms with Gasteiger partial charge in [-0.15, -0.1) is 22.7 Å². The number of ether oxygens (including phenoxy) is 3. The number of hydrogen-bond donors (Lipinski definition) is 4. The number of nitrogens with one attached hydrogen (secondary N) is 3. The van der Waals surface area contributed by atoms with Crippen molar-refractivity contribution in [2.24, 2.45) is 29.1 Å². The summed E-state index contributed by atoms with van der Waals surface area (Å²) in [6.07, 6.45) is 15.2. The number of piperazine rings is 2. The Hall–Kier alpha value is -8.45. The van der Waals surface area contributed by atoms with Crippen molar-refractivity contribution in [3.05, 3.63) is 76.7 Å². The summed E-state index contributed by atoms with van der Waals surface area (Å²) in [7, 11) is -3.59. The van der Waals surface area contributed by atoms with Gasteiger partial charge in [0, 0.05) is 130 Å². The van der Waals surface area contributed by atoms with Crippen LogP contribution in [0.3, 0.4) is 0 Å². The lowest BCUT2D eigenvalue weighted by molar-refractivity contribution is -0.159. The fourth-order valence-electron chi connectivity index (χ4n) is 18.5. The number of Topliss-reactive ketones (excluding diaryl/α,β-unsaturated/α-hetero) is 1. The summed E-state index contributed by atoms with van der Waals surface area (Å²) >= 11 is 9.70. The maximum Gasteiger partial charge on any atom is 0.307 e. The number of allylic oxidation sites excluding steroid dienone is 3. The number of para-hydroxylation sites is 2. The molecule has 0 radical (unpaired) electrons. The Morgan fingerprint density at radius 3 is 1.56 bits per heavy atom. The predicted molar refractivity (Wildman–Crippen MR) is 498 cm³/mol. The fourth-order valence-corrected chi connectivity index (χ4v) is 23.3. The zero-order valence-corrected chi connectivity index (χ0v) is 81.1. The Balaban J connectivity index is 0.000000175. The Kier molecular flexibility index (Phi) is 28.9. The van der Waals surface area contributed by atoms with Gasteiger partial charge < -0.3 is 58.6 Å². The molecule has 0 spiro atoms. The molecule has 4 aliphatic carbocycles. The number of likely N-dealkylation sites (N-methyl/N-ethyl adjacent to an activating group) is 2. The highest BCUT2D eigenvalue weighted by atomic mass is 35.5. The number of amides is 5. The number of esters is 2. The normalized spacial score (nSPS) is 27.1. The summed E-state index contributed by atoms with van der Waals surface area (Å²) in [4.78, 5) is 142. The minimum atomic E-state index is -4.00. The first-order valence-electron chi connectivity index (χ1n) is 46.1. The third kappa shape index (κ3) is 22.1. The molecule has 4 saturated heterocycles.